The highest BCUT2D eigenvalue weighted by molar-refractivity contribution is 5.38. The summed E-state index contributed by atoms with van der Waals surface area (Å²) in [6.07, 6.45) is 0. The van der Waals surface area contributed by atoms with Crippen LogP contribution in [0.4, 0.5) is 8.78 Å². The lowest BCUT2D eigenvalue weighted by atomic mass is 9.88. The standard InChI is InChI=1S/C15H22F2/c1-8(2)11-7-12(9(3)4)15(17)13(10(5)6)14(11)16/h7-10H,1-6H3. The maximum absolute atomic E-state index is 14.2. The first kappa shape index (κ1) is 14.1. The molecule has 0 N–H and O–H groups in total. The van der Waals surface area contributed by atoms with E-state index in [1.165, 1.54) is 0 Å². The van der Waals surface area contributed by atoms with E-state index in [9.17, 15) is 8.78 Å². The van der Waals surface area contributed by atoms with Crippen LogP contribution in [0.5, 0.6) is 0 Å². The minimum absolute atomic E-state index is 0.0746. The van der Waals surface area contributed by atoms with Crippen molar-refractivity contribution in [2.45, 2.75) is 59.3 Å². The Morgan fingerprint density at radius 1 is 0.706 bits per heavy atom. The van der Waals surface area contributed by atoms with Gasteiger partial charge in [-0.3, -0.25) is 0 Å². The lowest BCUT2D eigenvalue weighted by Crippen LogP contribution is -2.08. The van der Waals surface area contributed by atoms with E-state index in [1.54, 1.807) is 6.07 Å². The van der Waals surface area contributed by atoms with Gasteiger partial charge in [-0.2, -0.15) is 0 Å². The van der Waals surface area contributed by atoms with Crippen LogP contribution in [0.2, 0.25) is 0 Å². The largest absolute Gasteiger partial charge is 0.206 e. The van der Waals surface area contributed by atoms with Crippen molar-refractivity contribution >= 4 is 0 Å². The molecule has 2 heteroatoms. The number of benzene rings is 1. The third-order valence-corrected chi connectivity index (χ3v) is 3.11. The molecule has 1 rings (SSSR count). The Morgan fingerprint density at radius 3 is 1.29 bits per heavy atom. The van der Waals surface area contributed by atoms with Gasteiger partial charge in [0.1, 0.15) is 11.6 Å². The van der Waals surface area contributed by atoms with Gasteiger partial charge in [-0.25, -0.2) is 8.78 Å². The van der Waals surface area contributed by atoms with Gasteiger partial charge in [-0.15, -0.1) is 0 Å². The van der Waals surface area contributed by atoms with Crippen molar-refractivity contribution < 1.29 is 8.78 Å². The van der Waals surface area contributed by atoms with Crippen LogP contribution in [0.15, 0.2) is 6.07 Å². The fourth-order valence-corrected chi connectivity index (χ4v) is 2.05. The summed E-state index contributed by atoms with van der Waals surface area (Å²) < 4.78 is 28.5. The summed E-state index contributed by atoms with van der Waals surface area (Å²) >= 11 is 0. The molecule has 0 unspecified atom stereocenters. The summed E-state index contributed by atoms with van der Waals surface area (Å²) in [6, 6.07) is 1.69. The van der Waals surface area contributed by atoms with Crippen LogP contribution < -0.4 is 0 Å². The molecule has 0 nitrogen and oxygen atoms in total. The zero-order valence-corrected chi connectivity index (χ0v) is 11.6. The van der Waals surface area contributed by atoms with E-state index in [1.807, 2.05) is 41.5 Å². The summed E-state index contributed by atoms with van der Waals surface area (Å²) in [5.41, 5.74) is 1.48. The number of hydrogen-bond acceptors (Lipinski definition) is 0. The molecule has 0 spiro atoms. The number of hydrogen-bond donors (Lipinski definition) is 0. The molecule has 0 fully saturated rings. The summed E-state index contributed by atoms with van der Waals surface area (Å²) in [4.78, 5) is 0. The first-order valence-electron chi connectivity index (χ1n) is 6.29. The molecule has 0 amide bonds. The van der Waals surface area contributed by atoms with Gasteiger partial charge in [-0.1, -0.05) is 41.5 Å². The van der Waals surface area contributed by atoms with Gasteiger partial charge in [0.2, 0.25) is 0 Å². The second-order valence-corrected chi connectivity index (χ2v) is 5.56. The van der Waals surface area contributed by atoms with Gasteiger partial charge in [0.05, 0.1) is 0 Å². The Bertz CT molecular complexity index is 372. The summed E-state index contributed by atoms with van der Waals surface area (Å²) in [6.45, 7) is 11.4. The van der Waals surface area contributed by atoms with Crippen molar-refractivity contribution in [3.63, 3.8) is 0 Å². The fraction of sp³-hybridized carbons (Fsp3) is 0.600. The lowest BCUT2D eigenvalue weighted by Gasteiger charge is -2.19. The van der Waals surface area contributed by atoms with Crippen LogP contribution >= 0.6 is 0 Å². The Morgan fingerprint density at radius 2 is 1.06 bits per heavy atom. The maximum Gasteiger partial charge on any atom is 0.133 e. The third-order valence-electron chi connectivity index (χ3n) is 3.11. The molecule has 1 aromatic carbocycles. The second-order valence-electron chi connectivity index (χ2n) is 5.56. The maximum atomic E-state index is 14.2. The van der Waals surface area contributed by atoms with Crippen LogP contribution in [0.1, 0.15) is 76.0 Å². The Kier molecular flexibility index (Phi) is 4.29. The van der Waals surface area contributed by atoms with Gasteiger partial charge in [0.15, 0.2) is 0 Å². The first-order valence-corrected chi connectivity index (χ1v) is 6.29. The highest BCUT2D eigenvalue weighted by Gasteiger charge is 2.22. The highest BCUT2D eigenvalue weighted by atomic mass is 19.1. The van der Waals surface area contributed by atoms with E-state index in [4.69, 9.17) is 0 Å². The van der Waals surface area contributed by atoms with E-state index in [0.29, 0.717) is 11.1 Å². The van der Waals surface area contributed by atoms with E-state index in [-0.39, 0.29) is 35.0 Å². The molecule has 17 heavy (non-hydrogen) atoms. The molecule has 0 aliphatic heterocycles. The highest BCUT2D eigenvalue weighted by Crippen LogP contribution is 2.33. The smallest absolute Gasteiger partial charge is 0.133 e. The van der Waals surface area contributed by atoms with E-state index in [0.717, 1.165) is 0 Å². The lowest BCUT2D eigenvalue weighted by molar-refractivity contribution is 0.513. The van der Waals surface area contributed by atoms with Crippen LogP contribution in [0, 0.1) is 11.6 Å². The molecule has 0 bridgehead atoms. The van der Waals surface area contributed by atoms with Gasteiger partial charge in [-0.05, 0) is 34.9 Å². The average molecular weight is 240 g/mol. The van der Waals surface area contributed by atoms with Gasteiger partial charge in [0, 0.05) is 5.56 Å². The molecule has 0 radical (unpaired) electrons. The molecule has 96 valence electrons. The summed E-state index contributed by atoms with van der Waals surface area (Å²) in [7, 11) is 0. The predicted molar refractivity (Wildman–Crippen MR) is 68.6 cm³/mol. The molecule has 0 saturated carbocycles. The van der Waals surface area contributed by atoms with Gasteiger partial charge < -0.3 is 0 Å². The van der Waals surface area contributed by atoms with E-state index >= 15 is 0 Å². The SMILES string of the molecule is CC(C)c1cc(C(C)C)c(F)c(C(C)C)c1F. The number of halogens is 2. The zero-order valence-electron chi connectivity index (χ0n) is 11.6. The topological polar surface area (TPSA) is 0 Å². The van der Waals surface area contributed by atoms with Crippen LogP contribution in [0.3, 0.4) is 0 Å². The first-order chi connectivity index (χ1) is 7.77. The summed E-state index contributed by atoms with van der Waals surface area (Å²) in [5, 5.41) is 0. The van der Waals surface area contributed by atoms with Crippen molar-refractivity contribution in [3.05, 3.63) is 34.4 Å². The average Bonchev–Trinajstić information content (AvgIpc) is 2.15. The Balaban J connectivity index is 3.58. The normalized spacial score (nSPS) is 11.9. The molecule has 0 atom stereocenters. The van der Waals surface area contributed by atoms with Crippen molar-refractivity contribution in [1.29, 1.82) is 0 Å². The third kappa shape index (κ3) is 2.67. The summed E-state index contributed by atoms with van der Waals surface area (Å²) in [5.74, 6) is -0.712. The van der Waals surface area contributed by atoms with Crippen LogP contribution in [-0.4, -0.2) is 0 Å². The predicted octanol–water partition coefficient (Wildman–Crippen LogP) is 5.34. The fourth-order valence-electron chi connectivity index (χ4n) is 2.05. The van der Waals surface area contributed by atoms with Crippen LogP contribution in [0.25, 0.3) is 0 Å². The Hall–Kier alpha value is -0.920. The quantitative estimate of drug-likeness (QED) is 0.669. The molecular formula is C15H22F2. The van der Waals surface area contributed by atoms with Crippen molar-refractivity contribution in [1.82, 2.24) is 0 Å². The Labute approximate surface area is 103 Å². The molecule has 0 aromatic heterocycles. The molecule has 0 aliphatic carbocycles. The van der Waals surface area contributed by atoms with Crippen LogP contribution in [-0.2, 0) is 0 Å². The zero-order chi connectivity index (χ0) is 13.3. The van der Waals surface area contributed by atoms with E-state index in [2.05, 4.69) is 0 Å². The molecule has 1 aromatic rings. The van der Waals surface area contributed by atoms with Crippen molar-refractivity contribution in [3.8, 4) is 0 Å². The van der Waals surface area contributed by atoms with Gasteiger partial charge in [0.25, 0.3) is 0 Å². The molecule has 0 saturated heterocycles. The van der Waals surface area contributed by atoms with Gasteiger partial charge >= 0.3 is 0 Å². The minimum Gasteiger partial charge on any atom is -0.206 e. The number of rotatable bonds is 3. The molecule has 0 aliphatic rings. The van der Waals surface area contributed by atoms with Crippen molar-refractivity contribution in [2.75, 3.05) is 0 Å². The molecule has 0 heterocycles. The second kappa shape index (κ2) is 5.16. The van der Waals surface area contributed by atoms with Crippen molar-refractivity contribution in [2.24, 2.45) is 0 Å². The monoisotopic (exact) mass is 240 g/mol. The van der Waals surface area contributed by atoms with E-state index < -0.39 is 0 Å². The molecular weight excluding hydrogens is 218 g/mol. The minimum atomic E-state index is -0.364.